The van der Waals surface area contributed by atoms with E-state index < -0.39 is 5.60 Å². The monoisotopic (exact) mass is 353 g/mol. The van der Waals surface area contributed by atoms with Crippen LogP contribution in [0.5, 0.6) is 5.75 Å². The van der Waals surface area contributed by atoms with Crippen molar-refractivity contribution < 1.29 is 14.3 Å². The predicted octanol–water partition coefficient (Wildman–Crippen LogP) is 4.10. The topological polar surface area (TPSA) is 55.4 Å². The molecule has 0 aliphatic rings. The first-order valence-electron chi connectivity index (χ1n) is 8.98. The Balaban J connectivity index is 1.84. The molecule has 1 N–H and O–H groups in total. The van der Waals surface area contributed by atoms with Crippen molar-refractivity contribution >= 4 is 11.7 Å². The molecule has 0 fully saturated rings. The minimum Gasteiger partial charge on any atom is -0.480 e. The Morgan fingerprint density at radius 2 is 1.62 bits per heavy atom. The van der Waals surface area contributed by atoms with Crippen LogP contribution in [-0.2, 0) is 11.2 Å². The van der Waals surface area contributed by atoms with Gasteiger partial charge in [0.05, 0.1) is 0 Å². The average molecular weight is 353 g/mol. The van der Waals surface area contributed by atoms with Gasteiger partial charge in [0.25, 0.3) is 5.91 Å². The third kappa shape index (κ3) is 5.45. The third-order valence-corrected chi connectivity index (χ3v) is 4.30. The van der Waals surface area contributed by atoms with E-state index in [0.29, 0.717) is 24.3 Å². The maximum atomic E-state index is 12.1. The number of hydrogen-bond acceptors (Lipinski definition) is 3. The van der Waals surface area contributed by atoms with E-state index in [1.54, 1.807) is 13.8 Å². The normalized spacial score (nSPS) is 11.1. The number of hydrogen-bond donors (Lipinski definition) is 1. The highest BCUT2D eigenvalue weighted by atomic mass is 16.5. The lowest BCUT2D eigenvalue weighted by molar-refractivity contribution is -0.131. The summed E-state index contributed by atoms with van der Waals surface area (Å²) in [6.07, 6.45) is 1.18. The molecule has 2 aromatic rings. The van der Waals surface area contributed by atoms with E-state index >= 15 is 0 Å². The maximum Gasteiger partial charge on any atom is 0.251 e. The number of ether oxygens (including phenoxy) is 1. The number of amides is 1. The summed E-state index contributed by atoms with van der Waals surface area (Å²) in [5, 5.41) is 2.93. The van der Waals surface area contributed by atoms with Crippen molar-refractivity contribution in [2.45, 2.75) is 46.1 Å². The molecule has 0 bridgehead atoms. The highest BCUT2D eigenvalue weighted by Gasteiger charge is 2.27. The standard InChI is InChI=1S/C22H27NO3/c1-5-20(24)22(3,4)26-19-12-8-17(9-13-19)14-15-23-21(25)18-10-6-16(2)7-11-18/h6-13H,5,14-15H2,1-4H3,(H,23,25). The maximum absolute atomic E-state index is 12.1. The summed E-state index contributed by atoms with van der Waals surface area (Å²) in [7, 11) is 0. The van der Waals surface area contributed by atoms with E-state index in [2.05, 4.69) is 5.32 Å². The van der Waals surface area contributed by atoms with Gasteiger partial charge in [0.15, 0.2) is 11.4 Å². The van der Waals surface area contributed by atoms with Crippen molar-refractivity contribution in [3.8, 4) is 5.75 Å². The van der Waals surface area contributed by atoms with Gasteiger partial charge in [-0.15, -0.1) is 0 Å². The second-order valence-corrected chi connectivity index (χ2v) is 6.90. The molecule has 0 radical (unpaired) electrons. The summed E-state index contributed by atoms with van der Waals surface area (Å²) in [5.74, 6) is 0.675. The Morgan fingerprint density at radius 3 is 2.19 bits per heavy atom. The van der Waals surface area contributed by atoms with Gasteiger partial charge >= 0.3 is 0 Å². The van der Waals surface area contributed by atoms with Crippen LogP contribution >= 0.6 is 0 Å². The Bertz CT molecular complexity index is 746. The summed E-state index contributed by atoms with van der Waals surface area (Å²) in [4.78, 5) is 24.0. The van der Waals surface area contributed by atoms with Gasteiger partial charge < -0.3 is 10.1 Å². The number of carbonyl (C=O) groups excluding carboxylic acids is 2. The van der Waals surface area contributed by atoms with Crippen LogP contribution in [-0.4, -0.2) is 23.8 Å². The van der Waals surface area contributed by atoms with Crippen LogP contribution in [0.2, 0.25) is 0 Å². The molecule has 0 aliphatic heterocycles. The molecule has 2 aromatic carbocycles. The summed E-state index contributed by atoms with van der Waals surface area (Å²) in [6, 6.07) is 15.2. The number of benzene rings is 2. The summed E-state index contributed by atoms with van der Waals surface area (Å²) in [6.45, 7) is 7.96. The van der Waals surface area contributed by atoms with Crippen LogP contribution in [0.25, 0.3) is 0 Å². The van der Waals surface area contributed by atoms with Crippen molar-refractivity contribution in [1.82, 2.24) is 5.32 Å². The molecule has 4 nitrogen and oxygen atoms in total. The third-order valence-electron chi connectivity index (χ3n) is 4.30. The highest BCUT2D eigenvalue weighted by Crippen LogP contribution is 2.20. The molecule has 1 amide bonds. The van der Waals surface area contributed by atoms with E-state index in [9.17, 15) is 9.59 Å². The molecule has 4 heteroatoms. The molecule has 138 valence electrons. The number of rotatable bonds is 8. The van der Waals surface area contributed by atoms with Crippen LogP contribution in [0.4, 0.5) is 0 Å². The first kappa shape index (κ1) is 19.7. The van der Waals surface area contributed by atoms with Crippen LogP contribution in [0.1, 0.15) is 48.7 Å². The summed E-state index contributed by atoms with van der Waals surface area (Å²) in [5.41, 5.74) is 2.08. The average Bonchev–Trinajstić information content (AvgIpc) is 2.62. The van der Waals surface area contributed by atoms with Crippen LogP contribution in [0.3, 0.4) is 0 Å². The Morgan fingerprint density at radius 1 is 1.00 bits per heavy atom. The number of ketones is 1. The fraction of sp³-hybridized carbons (Fsp3) is 0.364. The molecule has 26 heavy (non-hydrogen) atoms. The molecular weight excluding hydrogens is 326 g/mol. The molecule has 2 rings (SSSR count). The summed E-state index contributed by atoms with van der Waals surface area (Å²) < 4.78 is 5.80. The van der Waals surface area contributed by atoms with Gasteiger partial charge in [0.2, 0.25) is 0 Å². The van der Waals surface area contributed by atoms with E-state index in [4.69, 9.17) is 4.74 Å². The van der Waals surface area contributed by atoms with Crippen LogP contribution < -0.4 is 10.1 Å². The second kappa shape index (κ2) is 8.65. The largest absolute Gasteiger partial charge is 0.480 e. The van der Waals surface area contributed by atoms with Gasteiger partial charge in [0, 0.05) is 18.5 Å². The molecule has 0 saturated carbocycles. The minimum atomic E-state index is -0.821. The van der Waals surface area contributed by atoms with Crippen LogP contribution in [0.15, 0.2) is 48.5 Å². The van der Waals surface area contributed by atoms with E-state index in [0.717, 1.165) is 17.5 Å². The lowest BCUT2D eigenvalue weighted by atomic mass is 10.0. The molecule has 0 spiro atoms. The minimum absolute atomic E-state index is 0.0650. The number of carbonyl (C=O) groups is 2. The second-order valence-electron chi connectivity index (χ2n) is 6.90. The molecule has 0 saturated heterocycles. The van der Waals surface area contributed by atoms with Gasteiger partial charge in [-0.25, -0.2) is 0 Å². The number of Topliss-reactive ketones (excluding diaryl/α,β-unsaturated/α-hetero) is 1. The zero-order valence-electron chi connectivity index (χ0n) is 16.0. The molecule has 0 heterocycles. The van der Waals surface area contributed by atoms with Crippen LogP contribution in [0, 0.1) is 6.92 Å². The van der Waals surface area contributed by atoms with E-state index in [1.807, 2.05) is 62.4 Å². The number of nitrogens with one attached hydrogen (secondary N) is 1. The lowest BCUT2D eigenvalue weighted by Crippen LogP contribution is -2.37. The number of aryl methyl sites for hydroxylation is 1. The van der Waals surface area contributed by atoms with Crippen molar-refractivity contribution in [2.24, 2.45) is 0 Å². The molecule has 0 aromatic heterocycles. The lowest BCUT2D eigenvalue weighted by Gasteiger charge is -2.24. The van der Waals surface area contributed by atoms with Gasteiger partial charge in [0.1, 0.15) is 5.75 Å². The Hall–Kier alpha value is -2.62. The van der Waals surface area contributed by atoms with E-state index in [-0.39, 0.29) is 11.7 Å². The van der Waals surface area contributed by atoms with Gasteiger partial charge in [-0.05, 0) is 57.0 Å². The van der Waals surface area contributed by atoms with Crippen molar-refractivity contribution in [3.63, 3.8) is 0 Å². The smallest absolute Gasteiger partial charge is 0.251 e. The zero-order chi connectivity index (χ0) is 19.2. The van der Waals surface area contributed by atoms with E-state index in [1.165, 1.54) is 0 Å². The highest BCUT2D eigenvalue weighted by molar-refractivity contribution is 5.94. The van der Waals surface area contributed by atoms with Crippen molar-refractivity contribution in [1.29, 1.82) is 0 Å². The Labute approximate surface area is 155 Å². The van der Waals surface area contributed by atoms with Gasteiger partial charge in [-0.2, -0.15) is 0 Å². The fourth-order valence-corrected chi connectivity index (χ4v) is 2.63. The molecule has 0 atom stereocenters. The predicted molar refractivity (Wildman–Crippen MR) is 104 cm³/mol. The van der Waals surface area contributed by atoms with Gasteiger partial charge in [-0.3, -0.25) is 9.59 Å². The SMILES string of the molecule is CCC(=O)C(C)(C)Oc1ccc(CCNC(=O)c2ccc(C)cc2)cc1. The Kier molecular flexibility index (Phi) is 6.56. The molecule has 0 aliphatic carbocycles. The van der Waals surface area contributed by atoms with Crippen molar-refractivity contribution in [3.05, 3.63) is 65.2 Å². The zero-order valence-corrected chi connectivity index (χ0v) is 16.0. The fourth-order valence-electron chi connectivity index (χ4n) is 2.63. The molecule has 0 unspecified atom stereocenters. The van der Waals surface area contributed by atoms with Gasteiger partial charge in [-0.1, -0.05) is 36.8 Å². The summed E-state index contributed by atoms with van der Waals surface area (Å²) >= 11 is 0. The quantitative estimate of drug-likeness (QED) is 0.777. The first-order chi connectivity index (χ1) is 12.3. The van der Waals surface area contributed by atoms with Crippen molar-refractivity contribution in [2.75, 3.05) is 6.54 Å². The first-order valence-corrected chi connectivity index (χ1v) is 8.98. The molecular formula is C22H27NO3.